The van der Waals surface area contributed by atoms with Crippen molar-refractivity contribution in [2.75, 3.05) is 12.1 Å². The number of rotatable bonds is 3. The molecular formula is C24H17NO5. The molecule has 1 aromatic heterocycles. The minimum atomic E-state index is -0.312. The minimum Gasteiger partial charge on any atom is -0.456 e. The van der Waals surface area contributed by atoms with Crippen LogP contribution in [0.15, 0.2) is 75.9 Å². The van der Waals surface area contributed by atoms with E-state index in [1.165, 1.54) is 6.07 Å². The van der Waals surface area contributed by atoms with Crippen LogP contribution < -0.4 is 20.2 Å². The van der Waals surface area contributed by atoms with Crippen LogP contribution in [0.2, 0.25) is 0 Å². The Morgan fingerprint density at radius 3 is 2.63 bits per heavy atom. The summed E-state index contributed by atoms with van der Waals surface area (Å²) in [5.74, 6) is 1.35. The maximum atomic E-state index is 12.7. The summed E-state index contributed by atoms with van der Waals surface area (Å²) in [6.45, 7) is 2.11. The number of amides is 1. The van der Waals surface area contributed by atoms with Crippen molar-refractivity contribution in [1.29, 1.82) is 0 Å². The Labute approximate surface area is 171 Å². The largest absolute Gasteiger partial charge is 0.456 e. The zero-order valence-electron chi connectivity index (χ0n) is 16.1. The maximum absolute atomic E-state index is 12.7. The highest BCUT2D eigenvalue weighted by Crippen LogP contribution is 2.33. The standard InChI is InChI=1S/C24H17NO5/c1-14-4-2-3-5-17(14)22-12-19(26)18-11-16(7-9-20(18)30-22)25-24(27)15-6-8-21-23(10-15)29-13-28-21/h2-12H,13H2,1H3,(H,25,27). The molecule has 148 valence electrons. The first-order valence-corrected chi connectivity index (χ1v) is 9.43. The van der Waals surface area contributed by atoms with Gasteiger partial charge in [0.1, 0.15) is 11.3 Å². The van der Waals surface area contributed by atoms with Gasteiger partial charge in [-0.1, -0.05) is 24.3 Å². The van der Waals surface area contributed by atoms with Crippen LogP contribution in [0.3, 0.4) is 0 Å². The van der Waals surface area contributed by atoms with Crippen LogP contribution >= 0.6 is 0 Å². The fourth-order valence-corrected chi connectivity index (χ4v) is 3.46. The Bertz CT molecular complexity index is 1360. The van der Waals surface area contributed by atoms with Crippen LogP contribution in [0.5, 0.6) is 11.5 Å². The van der Waals surface area contributed by atoms with Crippen molar-refractivity contribution in [3.63, 3.8) is 0 Å². The summed E-state index contributed by atoms with van der Waals surface area (Å²) in [7, 11) is 0. The highest BCUT2D eigenvalue weighted by atomic mass is 16.7. The Kier molecular flexibility index (Phi) is 4.25. The summed E-state index contributed by atoms with van der Waals surface area (Å²) in [5, 5.41) is 3.21. The van der Waals surface area contributed by atoms with Gasteiger partial charge in [-0.05, 0) is 48.9 Å². The molecular weight excluding hydrogens is 382 g/mol. The van der Waals surface area contributed by atoms with E-state index < -0.39 is 0 Å². The number of carbonyl (C=O) groups excluding carboxylic acids is 1. The van der Waals surface area contributed by atoms with Crippen molar-refractivity contribution in [2.45, 2.75) is 6.92 Å². The topological polar surface area (TPSA) is 77.8 Å². The lowest BCUT2D eigenvalue weighted by molar-refractivity contribution is 0.102. The second kappa shape index (κ2) is 7.08. The monoisotopic (exact) mass is 399 g/mol. The van der Waals surface area contributed by atoms with Crippen molar-refractivity contribution in [3.05, 3.63) is 88.1 Å². The van der Waals surface area contributed by atoms with Crippen molar-refractivity contribution >= 4 is 22.6 Å². The van der Waals surface area contributed by atoms with Crippen LogP contribution in [0, 0.1) is 6.92 Å². The molecule has 0 fully saturated rings. The number of benzene rings is 3. The zero-order chi connectivity index (χ0) is 20.7. The summed E-state index contributed by atoms with van der Waals surface area (Å²) in [6.07, 6.45) is 0. The van der Waals surface area contributed by atoms with Gasteiger partial charge in [-0.3, -0.25) is 9.59 Å². The molecule has 6 nitrogen and oxygen atoms in total. The third kappa shape index (κ3) is 3.18. The molecule has 4 aromatic rings. The van der Waals surface area contributed by atoms with E-state index in [9.17, 15) is 9.59 Å². The predicted octanol–water partition coefficient (Wildman–Crippen LogP) is 4.75. The molecule has 0 aliphatic carbocycles. The molecule has 2 heterocycles. The summed E-state index contributed by atoms with van der Waals surface area (Å²) in [5.41, 5.74) is 3.11. The molecule has 1 N–H and O–H groups in total. The number of nitrogens with one attached hydrogen (secondary N) is 1. The highest BCUT2D eigenvalue weighted by molar-refractivity contribution is 6.05. The first kappa shape index (κ1) is 18.0. The lowest BCUT2D eigenvalue weighted by atomic mass is 10.1. The molecule has 5 rings (SSSR count). The fourth-order valence-electron chi connectivity index (χ4n) is 3.46. The van der Waals surface area contributed by atoms with Gasteiger partial charge in [0.2, 0.25) is 6.79 Å². The molecule has 1 aliphatic heterocycles. The van der Waals surface area contributed by atoms with E-state index in [4.69, 9.17) is 13.9 Å². The minimum absolute atomic E-state index is 0.144. The van der Waals surface area contributed by atoms with Crippen LogP contribution in [0.4, 0.5) is 5.69 Å². The number of anilines is 1. The lowest BCUT2D eigenvalue weighted by Gasteiger charge is -2.09. The number of carbonyl (C=O) groups is 1. The maximum Gasteiger partial charge on any atom is 0.255 e. The van der Waals surface area contributed by atoms with Gasteiger partial charge in [0.15, 0.2) is 16.9 Å². The quantitative estimate of drug-likeness (QED) is 0.538. The molecule has 0 saturated heterocycles. The van der Waals surface area contributed by atoms with Gasteiger partial charge in [-0.2, -0.15) is 0 Å². The van der Waals surface area contributed by atoms with E-state index >= 15 is 0 Å². The first-order valence-electron chi connectivity index (χ1n) is 9.43. The Morgan fingerprint density at radius 2 is 1.77 bits per heavy atom. The summed E-state index contributed by atoms with van der Waals surface area (Å²) in [4.78, 5) is 25.3. The molecule has 0 bridgehead atoms. The Morgan fingerprint density at radius 1 is 0.933 bits per heavy atom. The van der Waals surface area contributed by atoms with E-state index in [1.54, 1.807) is 36.4 Å². The van der Waals surface area contributed by atoms with E-state index in [1.807, 2.05) is 31.2 Å². The van der Waals surface area contributed by atoms with E-state index in [-0.39, 0.29) is 18.1 Å². The van der Waals surface area contributed by atoms with Crippen molar-refractivity contribution in [3.8, 4) is 22.8 Å². The second-order valence-electron chi connectivity index (χ2n) is 7.02. The second-order valence-corrected chi connectivity index (χ2v) is 7.02. The molecule has 0 unspecified atom stereocenters. The number of ether oxygens (including phenoxy) is 2. The van der Waals surface area contributed by atoms with Gasteiger partial charge >= 0.3 is 0 Å². The average molecular weight is 399 g/mol. The molecule has 0 radical (unpaired) electrons. The van der Waals surface area contributed by atoms with E-state index in [0.29, 0.717) is 39.5 Å². The van der Waals surface area contributed by atoms with Gasteiger partial charge in [-0.15, -0.1) is 0 Å². The highest BCUT2D eigenvalue weighted by Gasteiger charge is 2.17. The van der Waals surface area contributed by atoms with Crippen LogP contribution in [0.25, 0.3) is 22.3 Å². The molecule has 0 atom stereocenters. The zero-order valence-corrected chi connectivity index (χ0v) is 16.1. The lowest BCUT2D eigenvalue weighted by Crippen LogP contribution is -2.12. The summed E-state index contributed by atoms with van der Waals surface area (Å²) in [6, 6.07) is 19.2. The Hall–Kier alpha value is -4.06. The van der Waals surface area contributed by atoms with Gasteiger partial charge < -0.3 is 19.2 Å². The summed E-state index contributed by atoms with van der Waals surface area (Å²) >= 11 is 0. The third-order valence-corrected chi connectivity index (χ3v) is 5.03. The number of hydrogen-bond donors (Lipinski definition) is 1. The predicted molar refractivity (Wildman–Crippen MR) is 113 cm³/mol. The molecule has 1 aliphatic rings. The SMILES string of the molecule is Cc1ccccc1-c1cc(=O)c2cc(NC(=O)c3ccc4c(c3)OCO4)ccc2o1. The van der Waals surface area contributed by atoms with Crippen molar-refractivity contribution < 1.29 is 18.7 Å². The summed E-state index contributed by atoms with van der Waals surface area (Å²) < 4.78 is 16.5. The smallest absolute Gasteiger partial charge is 0.255 e. The van der Waals surface area contributed by atoms with Gasteiger partial charge in [-0.25, -0.2) is 0 Å². The van der Waals surface area contributed by atoms with Gasteiger partial charge in [0, 0.05) is 22.9 Å². The van der Waals surface area contributed by atoms with Crippen molar-refractivity contribution in [2.24, 2.45) is 0 Å². The van der Waals surface area contributed by atoms with Crippen LogP contribution in [0.1, 0.15) is 15.9 Å². The van der Waals surface area contributed by atoms with Crippen molar-refractivity contribution in [1.82, 2.24) is 0 Å². The fraction of sp³-hybridized carbons (Fsp3) is 0.0833. The van der Waals surface area contributed by atoms with E-state index in [2.05, 4.69) is 5.32 Å². The molecule has 0 spiro atoms. The number of aryl methyl sites for hydroxylation is 1. The average Bonchev–Trinajstić information content (AvgIpc) is 3.22. The number of fused-ring (bicyclic) bond motifs is 2. The molecule has 0 saturated carbocycles. The first-order chi connectivity index (χ1) is 14.6. The van der Waals surface area contributed by atoms with E-state index in [0.717, 1.165) is 11.1 Å². The van der Waals surface area contributed by atoms with Crippen LogP contribution in [-0.4, -0.2) is 12.7 Å². The molecule has 1 amide bonds. The third-order valence-electron chi connectivity index (χ3n) is 5.03. The van der Waals surface area contributed by atoms with Crippen LogP contribution in [-0.2, 0) is 0 Å². The normalized spacial score (nSPS) is 12.2. The number of hydrogen-bond acceptors (Lipinski definition) is 5. The van der Waals surface area contributed by atoms with Gasteiger partial charge in [0.25, 0.3) is 5.91 Å². The molecule has 30 heavy (non-hydrogen) atoms. The molecule has 3 aromatic carbocycles. The van der Waals surface area contributed by atoms with Gasteiger partial charge in [0.05, 0.1) is 5.39 Å². The Balaban J connectivity index is 1.46. The molecule has 6 heteroatoms.